The number of amides is 1. The summed E-state index contributed by atoms with van der Waals surface area (Å²) in [6, 6.07) is 13.0. The molecular weight excluding hydrogens is 404 g/mol. The molecule has 1 saturated carbocycles. The predicted octanol–water partition coefficient (Wildman–Crippen LogP) is 2.48. The first-order chi connectivity index (χ1) is 14.1. The summed E-state index contributed by atoms with van der Waals surface area (Å²) < 4.78 is 32.2. The minimum Gasteiger partial charge on any atom is -0.388 e. The Kier molecular flexibility index (Phi) is 6.50. The van der Waals surface area contributed by atoms with Crippen molar-refractivity contribution in [1.29, 1.82) is 0 Å². The van der Waals surface area contributed by atoms with Crippen molar-refractivity contribution in [1.82, 2.24) is 5.32 Å². The van der Waals surface area contributed by atoms with Gasteiger partial charge in [-0.3, -0.25) is 9.10 Å². The lowest BCUT2D eigenvalue weighted by molar-refractivity contribution is -0.133. The first-order valence-corrected chi connectivity index (χ1v) is 11.4. The molecule has 0 aliphatic heterocycles. The monoisotopic (exact) mass is 432 g/mol. The highest BCUT2D eigenvalue weighted by Gasteiger charge is 2.43. The number of carbonyl (C=O) groups excluding carboxylic acids is 1. The lowest BCUT2D eigenvalue weighted by Crippen LogP contribution is -2.55. The van der Waals surface area contributed by atoms with Gasteiger partial charge in [0.2, 0.25) is 0 Å². The number of rotatable bonds is 8. The number of benzene rings is 2. The quantitative estimate of drug-likeness (QED) is 0.668. The second-order valence-electron chi connectivity index (χ2n) is 7.73. The van der Waals surface area contributed by atoms with E-state index < -0.39 is 15.6 Å². The van der Waals surface area contributed by atoms with E-state index >= 15 is 0 Å². The van der Waals surface area contributed by atoms with Gasteiger partial charge in [-0.2, -0.15) is 0 Å². The average Bonchev–Trinajstić information content (AvgIpc) is 2.71. The molecule has 7 nitrogen and oxygen atoms in total. The van der Waals surface area contributed by atoms with E-state index in [0.717, 1.165) is 5.56 Å². The summed E-state index contributed by atoms with van der Waals surface area (Å²) in [7, 11) is -2.21. The third kappa shape index (κ3) is 4.83. The molecule has 2 N–H and O–H groups in total. The number of hydrogen-bond acceptors (Lipinski definition) is 5. The van der Waals surface area contributed by atoms with Gasteiger partial charge < -0.3 is 15.2 Å². The highest BCUT2D eigenvalue weighted by atomic mass is 32.2. The van der Waals surface area contributed by atoms with Crippen molar-refractivity contribution in [2.75, 3.05) is 24.5 Å². The van der Waals surface area contributed by atoms with Crippen molar-refractivity contribution in [2.24, 2.45) is 0 Å². The highest BCUT2D eigenvalue weighted by molar-refractivity contribution is 7.92. The van der Waals surface area contributed by atoms with Crippen LogP contribution in [0.3, 0.4) is 0 Å². The topological polar surface area (TPSA) is 95.9 Å². The Hall–Kier alpha value is -2.42. The smallest absolute Gasteiger partial charge is 0.264 e. The van der Waals surface area contributed by atoms with Crippen molar-refractivity contribution in [3.63, 3.8) is 0 Å². The summed E-state index contributed by atoms with van der Waals surface area (Å²) >= 11 is 0. The van der Waals surface area contributed by atoms with Gasteiger partial charge >= 0.3 is 0 Å². The number of ether oxygens (including phenoxy) is 1. The van der Waals surface area contributed by atoms with E-state index in [1.54, 1.807) is 48.5 Å². The SMILES string of the molecule is CCOC1CC(O)(CNC(=O)c2ccc(N(C)S(=O)(=O)c3ccc(C)cc3)cc2)C1. The third-order valence-corrected chi connectivity index (χ3v) is 7.17. The molecule has 0 aromatic heterocycles. The minimum atomic E-state index is -3.69. The van der Waals surface area contributed by atoms with Crippen LogP contribution in [0, 0.1) is 6.92 Å². The zero-order valence-electron chi connectivity index (χ0n) is 17.5. The van der Waals surface area contributed by atoms with Crippen LogP contribution in [0.5, 0.6) is 0 Å². The Labute approximate surface area is 177 Å². The number of nitrogens with one attached hydrogen (secondary N) is 1. The van der Waals surface area contributed by atoms with Crippen LogP contribution in [0.4, 0.5) is 5.69 Å². The van der Waals surface area contributed by atoms with Gasteiger partial charge in [0.1, 0.15) is 0 Å². The van der Waals surface area contributed by atoms with E-state index in [2.05, 4.69) is 5.32 Å². The summed E-state index contributed by atoms with van der Waals surface area (Å²) in [5.74, 6) is -0.320. The average molecular weight is 433 g/mol. The number of aryl methyl sites for hydroxylation is 1. The van der Waals surface area contributed by atoms with Crippen LogP contribution in [-0.4, -0.2) is 51.3 Å². The molecule has 3 rings (SSSR count). The van der Waals surface area contributed by atoms with Gasteiger partial charge in [0.05, 0.1) is 22.3 Å². The lowest BCUT2D eigenvalue weighted by Gasteiger charge is -2.43. The second kappa shape index (κ2) is 8.75. The number of sulfonamides is 1. The van der Waals surface area contributed by atoms with Crippen LogP contribution in [0.2, 0.25) is 0 Å². The lowest BCUT2D eigenvalue weighted by atomic mass is 9.77. The van der Waals surface area contributed by atoms with Gasteiger partial charge in [0.25, 0.3) is 15.9 Å². The van der Waals surface area contributed by atoms with E-state index in [0.29, 0.717) is 30.7 Å². The molecular formula is C22H28N2O5S. The molecule has 1 aliphatic rings. The summed E-state index contributed by atoms with van der Waals surface area (Å²) in [6.45, 7) is 4.56. The number of nitrogens with zero attached hydrogens (tertiary/aromatic N) is 1. The molecule has 30 heavy (non-hydrogen) atoms. The van der Waals surface area contributed by atoms with Gasteiger partial charge in [-0.15, -0.1) is 0 Å². The molecule has 0 radical (unpaired) electrons. The Bertz CT molecular complexity index is 981. The number of anilines is 1. The summed E-state index contributed by atoms with van der Waals surface area (Å²) in [6.07, 6.45) is 1.05. The fraction of sp³-hybridized carbons (Fsp3) is 0.409. The van der Waals surface area contributed by atoms with Gasteiger partial charge in [0, 0.05) is 38.6 Å². The standard InChI is InChI=1S/C22H28N2O5S/c1-4-29-19-13-22(26,14-19)15-23-21(25)17-7-9-18(10-8-17)24(3)30(27,28)20-11-5-16(2)6-12-20/h5-12,19,26H,4,13-15H2,1-3H3,(H,23,25). The fourth-order valence-corrected chi connectivity index (χ4v) is 4.66. The zero-order chi connectivity index (χ0) is 21.9. The van der Waals surface area contributed by atoms with Crippen LogP contribution in [-0.2, 0) is 14.8 Å². The Morgan fingerprint density at radius 2 is 1.77 bits per heavy atom. The molecule has 0 heterocycles. The van der Waals surface area contributed by atoms with Crippen LogP contribution < -0.4 is 9.62 Å². The van der Waals surface area contributed by atoms with Crippen molar-refractivity contribution in [3.8, 4) is 0 Å². The molecule has 0 saturated heterocycles. The van der Waals surface area contributed by atoms with Gasteiger partial charge in [-0.1, -0.05) is 17.7 Å². The van der Waals surface area contributed by atoms with Crippen molar-refractivity contribution < 1.29 is 23.1 Å². The molecule has 8 heteroatoms. The number of hydrogen-bond donors (Lipinski definition) is 2. The molecule has 2 aromatic carbocycles. The van der Waals surface area contributed by atoms with Crippen LogP contribution in [0.25, 0.3) is 0 Å². The van der Waals surface area contributed by atoms with E-state index in [1.807, 2.05) is 13.8 Å². The maximum Gasteiger partial charge on any atom is 0.264 e. The maximum absolute atomic E-state index is 12.8. The summed E-state index contributed by atoms with van der Waals surface area (Å²) in [4.78, 5) is 12.6. The normalized spacial score (nSPS) is 21.0. The van der Waals surface area contributed by atoms with E-state index in [1.165, 1.54) is 11.4 Å². The van der Waals surface area contributed by atoms with Crippen LogP contribution in [0.15, 0.2) is 53.4 Å². The molecule has 1 aliphatic carbocycles. The largest absolute Gasteiger partial charge is 0.388 e. The van der Waals surface area contributed by atoms with Crippen molar-refractivity contribution in [3.05, 3.63) is 59.7 Å². The molecule has 0 unspecified atom stereocenters. The number of aliphatic hydroxyl groups is 1. The molecule has 1 fully saturated rings. The van der Waals surface area contributed by atoms with Crippen LogP contribution >= 0.6 is 0 Å². The van der Waals surface area contributed by atoms with E-state index in [9.17, 15) is 18.3 Å². The maximum atomic E-state index is 12.8. The Balaban J connectivity index is 1.61. The van der Waals surface area contributed by atoms with E-state index in [-0.39, 0.29) is 23.5 Å². The third-order valence-electron chi connectivity index (χ3n) is 5.37. The molecule has 0 atom stereocenters. The fourth-order valence-electron chi connectivity index (χ4n) is 3.46. The molecule has 1 amide bonds. The minimum absolute atomic E-state index is 0.0437. The van der Waals surface area contributed by atoms with Crippen molar-refractivity contribution in [2.45, 2.75) is 43.3 Å². The predicted molar refractivity (Wildman–Crippen MR) is 115 cm³/mol. The molecule has 0 bridgehead atoms. The van der Waals surface area contributed by atoms with Crippen LogP contribution in [0.1, 0.15) is 35.7 Å². The van der Waals surface area contributed by atoms with Gasteiger partial charge in [-0.05, 0) is 50.2 Å². The highest BCUT2D eigenvalue weighted by Crippen LogP contribution is 2.34. The summed E-state index contributed by atoms with van der Waals surface area (Å²) in [5, 5.41) is 13.1. The number of carbonyl (C=O) groups is 1. The molecule has 162 valence electrons. The van der Waals surface area contributed by atoms with E-state index in [4.69, 9.17) is 4.74 Å². The molecule has 0 spiro atoms. The Morgan fingerprint density at radius 1 is 1.17 bits per heavy atom. The second-order valence-corrected chi connectivity index (χ2v) is 9.69. The Morgan fingerprint density at radius 3 is 2.33 bits per heavy atom. The van der Waals surface area contributed by atoms with Gasteiger partial charge in [-0.25, -0.2) is 8.42 Å². The molecule has 2 aromatic rings. The van der Waals surface area contributed by atoms with Crippen molar-refractivity contribution >= 4 is 21.6 Å². The first kappa shape index (κ1) is 22.3. The van der Waals surface area contributed by atoms with Gasteiger partial charge in [0.15, 0.2) is 0 Å². The first-order valence-electron chi connectivity index (χ1n) is 9.92. The zero-order valence-corrected chi connectivity index (χ0v) is 18.3. The summed E-state index contributed by atoms with van der Waals surface area (Å²) in [5.41, 5.74) is 0.887.